The van der Waals surface area contributed by atoms with Gasteiger partial charge in [0.25, 0.3) is 0 Å². The summed E-state index contributed by atoms with van der Waals surface area (Å²) in [6.45, 7) is 9.82. The molecule has 1 aromatic heterocycles. The first-order valence-electron chi connectivity index (χ1n) is 7.60. The van der Waals surface area contributed by atoms with E-state index in [9.17, 15) is 0 Å². The van der Waals surface area contributed by atoms with E-state index < -0.39 is 0 Å². The van der Waals surface area contributed by atoms with Crippen molar-refractivity contribution in [2.45, 2.75) is 46.1 Å². The van der Waals surface area contributed by atoms with Crippen LogP contribution < -0.4 is 5.32 Å². The van der Waals surface area contributed by atoms with Crippen molar-refractivity contribution in [1.29, 1.82) is 0 Å². The Morgan fingerprint density at radius 2 is 1.86 bits per heavy atom. The van der Waals surface area contributed by atoms with Gasteiger partial charge in [-0.05, 0) is 58.6 Å². The number of rotatable bonds is 6. The predicted octanol–water partition coefficient (Wildman–Crippen LogP) is 4.24. The third-order valence-electron chi connectivity index (χ3n) is 3.55. The molecule has 0 radical (unpaired) electrons. The lowest BCUT2D eigenvalue weighted by atomic mass is 9.93. The number of thiazole rings is 1. The van der Waals surface area contributed by atoms with Crippen molar-refractivity contribution in [2.24, 2.45) is 5.92 Å². The van der Waals surface area contributed by atoms with Crippen LogP contribution in [0.3, 0.4) is 0 Å². The van der Waals surface area contributed by atoms with Gasteiger partial charge in [0.15, 0.2) is 0 Å². The maximum absolute atomic E-state index is 4.45. The maximum Gasteiger partial charge on any atom is 0.0794 e. The van der Waals surface area contributed by atoms with Gasteiger partial charge in [-0.3, -0.25) is 0 Å². The van der Waals surface area contributed by atoms with E-state index in [1.807, 2.05) is 5.51 Å². The molecule has 2 aromatic rings. The van der Waals surface area contributed by atoms with E-state index in [2.05, 4.69) is 67.6 Å². The van der Waals surface area contributed by atoms with Crippen LogP contribution >= 0.6 is 11.3 Å². The molecule has 0 aliphatic rings. The molecule has 3 heteroatoms. The number of benzene rings is 1. The van der Waals surface area contributed by atoms with Gasteiger partial charge in [-0.2, -0.15) is 0 Å². The quantitative estimate of drug-likeness (QED) is 0.863. The lowest BCUT2D eigenvalue weighted by Gasteiger charge is -2.25. The lowest BCUT2D eigenvalue weighted by molar-refractivity contribution is 0.366. The number of aryl methyl sites for hydroxylation is 1. The number of nitrogens with zero attached hydrogens (tertiary/aromatic N) is 1. The summed E-state index contributed by atoms with van der Waals surface area (Å²) >= 11 is 1.68. The first kappa shape index (κ1) is 16.2. The average molecular weight is 302 g/mol. The fraction of sp³-hybridized carbons (Fsp3) is 0.500. The minimum atomic E-state index is 0.160. The number of hydrogen-bond donors (Lipinski definition) is 1. The summed E-state index contributed by atoms with van der Waals surface area (Å²) in [6, 6.07) is 8.90. The topological polar surface area (TPSA) is 24.9 Å². The van der Waals surface area contributed by atoms with Gasteiger partial charge in [0.1, 0.15) is 0 Å². The van der Waals surface area contributed by atoms with E-state index in [0.717, 1.165) is 19.4 Å². The second kappa shape index (κ2) is 7.19. The zero-order valence-corrected chi connectivity index (χ0v) is 14.3. The molecule has 114 valence electrons. The zero-order chi connectivity index (χ0) is 15.3. The van der Waals surface area contributed by atoms with E-state index in [1.165, 1.54) is 16.8 Å². The van der Waals surface area contributed by atoms with Crippen molar-refractivity contribution in [1.82, 2.24) is 10.3 Å². The molecule has 1 atom stereocenters. The predicted molar refractivity (Wildman–Crippen MR) is 91.9 cm³/mol. The summed E-state index contributed by atoms with van der Waals surface area (Å²) in [4.78, 5) is 4.45. The molecule has 0 aliphatic heterocycles. The lowest BCUT2D eigenvalue weighted by Crippen LogP contribution is -2.40. The van der Waals surface area contributed by atoms with Crippen molar-refractivity contribution in [3.05, 3.63) is 52.0 Å². The molecule has 0 spiro atoms. The molecule has 2 rings (SSSR count). The van der Waals surface area contributed by atoms with Crippen LogP contribution in [0.25, 0.3) is 0 Å². The summed E-state index contributed by atoms with van der Waals surface area (Å²) in [5.41, 5.74) is 6.04. The highest BCUT2D eigenvalue weighted by atomic mass is 32.1. The fourth-order valence-corrected chi connectivity index (χ4v) is 2.93. The Bertz CT molecular complexity index is 523. The molecule has 0 bridgehead atoms. The summed E-state index contributed by atoms with van der Waals surface area (Å²) < 4.78 is 0. The van der Waals surface area contributed by atoms with Crippen LogP contribution in [0.1, 0.15) is 37.6 Å². The molecule has 2 nitrogen and oxygen atoms in total. The molecule has 0 saturated carbocycles. The second-order valence-corrected chi connectivity index (χ2v) is 7.59. The molecule has 0 aliphatic carbocycles. The Morgan fingerprint density at radius 1 is 1.14 bits per heavy atom. The van der Waals surface area contributed by atoms with Gasteiger partial charge in [-0.15, -0.1) is 11.3 Å². The SMILES string of the molecule is Cc1ccc(CC(CNC(C)(C)C)Cc2cscn2)cc1. The Hall–Kier alpha value is -1.19. The molecule has 0 fully saturated rings. The zero-order valence-electron chi connectivity index (χ0n) is 13.5. The summed E-state index contributed by atoms with van der Waals surface area (Å²) in [7, 11) is 0. The standard InChI is InChI=1S/C18H26N2S/c1-14-5-7-15(8-6-14)9-16(11-20-18(2,3)4)10-17-12-21-13-19-17/h5-8,12-13,16,20H,9-11H2,1-4H3. The highest BCUT2D eigenvalue weighted by Crippen LogP contribution is 2.16. The van der Waals surface area contributed by atoms with Gasteiger partial charge >= 0.3 is 0 Å². The van der Waals surface area contributed by atoms with Crippen LogP contribution in [0.2, 0.25) is 0 Å². The van der Waals surface area contributed by atoms with Gasteiger partial charge in [0.2, 0.25) is 0 Å². The van der Waals surface area contributed by atoms with Crippen molar-refractivity contribution in [3.63, 3.8) is 0 Å². The van der Waals surface area contributed by atoms with E-state index in [4.69, 9.17) is 0 Å². The highest BCUT2D eigenvalue weighted by Gasteiger charge is 2.16. The molecule has 1 heterocycles. The molecular formula is C18H26N2S. The Labute approximate surface area is 132 Å². The second-order valence-electron chi connectivity index (χ2n) is 6.87. The molecule has 0 amide bonds. The van der Waals surface area contributed by atoms with Crippen molar-refractivity contribution in [3.8, 4) is 0 Å². The molecule has 21 heavy (non-hydrogen) atoms. The first-order valence-corrected chi connectivity index (χ1v) is 8.54. The fourth-order valence-electron chi connectivity index (χ4n) is 2.36. The normalized spacial score (nSPS) is 13.3. The number of nitrogens with one attached hydrogen (secondary N) is 1. The van der Waals surface area contributed by atoms with Crippen LogP contribution in [0.15, 0.2) is 35.2 Å². The van der Waals surface area contributed by atoms with Crippen molar-refractivity contribution < 1.29 is 0 Å². The minimum absolute atomic E-state index is 0.160. The molecule has 1 aromatic carbocycles. The smallest absolute Gasteiger partial charge is 0.0794 e. The third kappa shape index (κ3) is 5.98. The average Bonchev–Trinajstić information content (AvgIpc) is 2.91. The van der Waals surface area contributed by atoms with Gasteiger partial charge in [-0.25, -0.2) is 4.98 Å². The highest BCUT2D eigenvalue weighted by molar-refractivity contribution is 7.07. The van der Waals surface area contributed by atoms with E-state index in [1.54, 1.807) is 11.3 Å². The molecule has 1 N–H and O–H groups in total. The van der Waals surface area contributed by atoms with Gasteiger partial charge < -0.3 is 5.32 Å². The monoisotopic (exact) mass is 302 g/mol. The Balaban J connectivity index is 2.01. The van der Waals surface area contributed by atoms with Crippen LogP contribution in [0.4, 0.5) is 0 Å². The molecule has 1 unspecified atom stereocenters. The van der Waals surface area contributed by atoms with Crippen molar-refractivity contribution in [2.75, 3.05) is 6.54 Å². The first-order chi connectivity index (χ1) is 9.92. The van der Waals surface area contributed by atoms with E-state index in [0.29, 0.717) is 5.92 Å². The van der Waals surface area contributed by atoms with Crippen LogP contribution in [0, 0.1) is 12.8 Å². The minimum Gasteiger partial charge on any atom is -0.312 e. The summed E-state index contributed by atoms with van der Waals surface area (Å²) in [6.07, 6.45) is 2.14. The van der Waals surface area contributed by atoms with Crippen molar-refractivity contribution >= 4 is 11.3 Å². The van der Waals surface area contributed by atoms with Crippen LogP contribution in [0.5, 0.6) is 0 Å². The molecule has 0 saturated heterocycles. The van der Waals surface area contributed by atoms with Crippen LogP contribution in [-0.4, -0.2) is 17.1 Å². The Morgan fingerprint density at radius 3 is 2.43 bits per heavy atom. The Kier molecular flexibility index (Phi) is 5.54. The number of aromatic nitrogens is 1. The summed E-state index contributed by atoms with van der Waals surface area (Å²) in [5, 5.41) is 5.81. The van der Waals surface area contributed by atoms with E-state index >= 15 is 0 Å². The van der Waals surface area contributed by atoms with Gasteiger partial charge in [-0.1, -0.05) is 29.8 Å². The van der Waals surface area contributed by atoms with Gasteiger partial charge in [0, 0.05) is 10.9 Å². The number of hydrogen-bond acceptors (Lipinski definition) is 3. The maximum atomic E-state index is 4.45. The third-order valence-corrected chi connectivity index (χ3v) is 4.18. The summed E-state index contributed by atoms with van der Waals surface area (Å²) in [5.74, 6) is 0.578. The van der Waals surface area contributed by atoms with Gasteiger partial charge in [0.05, 0.1) is 11.2 Å². The van der Waals surface area contributed by atoms with E-state index in [-0.39, 0.29) is 5.54 Å². The van der Waals surface area contributed by atoms with Crippen LogP contribution in [-0.2, 0) is 12.8 Å². The largest absolute Gasteiger partial charge is 0.312 e. The molecular weight excluding hydrogens is 276 g/mol.